The van der Waals surface area contributed by atoms with Crippen LogP contribution in [0.1, 0.15) is 5.56 Å². The Hall–Kier alpha value is -1.74. The third-order valence-electron chi connectivity index (χ3n) is 2.83. The zero-order valence-electron chi connectivity index (χ0n) is 11.7. The molecule has 0 spiro atoms. The van der Waals surface area contributed by atoms with E-state index >= 15 is 0 Å². The van der Waals surface area contributed by atoms with Crippen molar-refractivity contribution in [1.29, 1.82) is 0 Å². The van der Waals surface area contributed by atoms with Crippen LogP contribution >= 0.6 is 15.9 Å². The van der Waals surface area contributed by atoms with E-state index < -0.39 is 10.0 Å². The van der Waals surface area contributed by atoms with Crippen molar-refractivity contribution < 1.29 is 13.2 Å². The maximum atomic E-state index is 12.4. The second kappa shape index (κ2) is 5.57. The summed E-state index contributed by atoms with van der Waals surface area (Å²) >= 11 is 3.34. The minimum Gasteiger partial charge on any atom is -0.495 e. The SMILES string of the molecule is COc1cc(Br)cc(C)c1NS(=O)(=O)c1cn(C)nc1N. The van der Waals surface area contributed by atoms with Crippen LogP contribution in [-0.4, -0.2) is 25.3 Å². The van der Waals surface area contributed by atoms with E-state index in [9.17, 15) is 8.42 Å². The first-order valence-electron chi connectivity index (χ1n) is 5.90. The van der Waals surface area contributed by atoms with E-state index in [4.69, 9.17) is 10.5 Å². The Morgan fingerprint density at radius 3 is 2.62 bits per heavy atom. The van der Waals surface area contributed by atoms with Crippen LogP contribution in [0.3, 0.4) is 0 Å². The molecule has 0 saturated heterocycles. The monoisotopic (exact) mass is 374 g/mol. The van der Waals surface area contributed by atoms with E-state index in [0.29, 0.717) is 17.0 Å². The molecule has 2 aromatic rings. The standard InChI is InChI=1S/C12H15BrN4O3S/c1-7-4-8(13)5-9(20-3)11(7)16-21(18,19)10-6-17(2)15-12(10)14/h4-6,16H,1-3H3,(H2,14,15). The summed E-state index contributed by atoms with van der Waals surface area (Å²) in [4.78, 5) is -0.0747. The normalized spacial score (nSPS) is 11.4. The zero-order chi connectivity index (χ0) is 15.8. The Morgan fingerprint density at radius 1 is 1.43 bits per heavy atom. The molecular formula is C12H15BrN4O3S. The van der Waals surface area contributed by atoms with Crippen molar-refractivity contribution in [1.82, 2.24) is 9.78 Å². The van der Waals surface area contributed by atoms with Gasteiger partial charge in [0, 0.05) is 17.7 Å². The van der Waals surface area contributed by atoms with Gasteiger partial charge in [0.1, 0.15) is 10.6 Å². The van der Waals surface area contributed by atoms with Gasteiger partial charge >= 0.3 is 0 Å². The third-order valence-corrected chi connectivity index (χ3v) is 4.66. The van der Waals surface area contributed by atoms with Crippen LogP contribution < -0.4 is 15.2 Å². The fraction of sp³-hybridized carbons (Fsp3) is 0.250. The van der Waals surface area contributed by atoms with Crippen molar-refractivity contribution in [2.24, 2.45) is 7.05 Å². The first kappa shape index (κ1) is 15.6. The van der Waals surface area contributed by atoms with Gasteiger partial charge in [-0.05, 0) is 24.6 Å². The van der Waals surface area contributed by atoms with Crippen LogP contribution in [0.5, 0.6) is 5.75 Å². The summed E-state index contributed by atoms with van der Waals surface area (Å²) in [6, 6.07) is 3.46. The van der Waals surface area contributed by atoms with Crippen molar-refractivity contribution in [2.45, 2.75) is 11.8 Å². The molecule has 1 aromatic carbocycles. The van der Waals surface area contributed by atoms with E-state index in [-0.39, 0.29) is 10.7 Å². The number of aryl methyl sites for hydroxylation is 2. The average Bonchev–Trinajstić information content (AvgIpc) is 2.72. The van der Waals surface area contributed by atoms with Crippen molar-refractivity contribution in [3.05, 3.63) is 28.4 Å². The molecule has 0 aliphatic rings. The molecule has 2 rings (SSSR count). The Kier molecular flexibility index (Phi) is 4.15. The number of hydrogen-bond donors (Lipinski definition) is 2. The summed E-state index contributed by atoms with van der Waals surface area (Å²) in [5.74, 6) is 0.353. The van der Waals surface area contributed by atoms with Gasteiger partial charge in [0.15, 0.2) is 5.82 Å². The van der Waals surface area contributed by atoms with Gasteiger partial charge < -0.3 is 10.5 Å². The lowest BCUT2D eigenvalue weighted by atomic mass is 10.2. The number of nitrogen functional groups attached to an aromatic ring is 1. The molecule has 0 amide bonds. The number of benzene rings is 1. The minimum atomic E-state index is -3.84. The van der Waals surface area contributed by atoms with Crippen LogP contribution in [0.25, 0.3) is 0 Å². The third kappa shape index (κ3) is 3.13. The highest BCUT2D eigenvalue weighted by molar-refractivity contribution is 9.10. The smallest absolute Gasteiger partial charge is 0.267 e. The number of aromatic nitrogens is 2. The van der Waals surface area contributed by atoms with Crippen LogP contribution in [0.4, 0.5) is 11.5 Å². The number of methoxy groups -OCH3 is 1. The topological polar surface area (TPSA) is 99.2 Å². The van der Waals surface area contributed by atoms with Crippen molar-refractivity contribution in [2.75, 3.05) is 17.6 Å². The predicted octanol–water partition coefficient (Wildman–Crippen LogP) is 1.88. The lowest BCUT2D eigenvalue weighted by Gasteiger charge is -2.14. The molecule has 7 nitrogen and oxygen atoms in total. The molecule has 0 radical (unpaired) electrons. The molecule has 0 unspecified atom stereocenters. The van der Waals surface area contributed by atoms with Gasteiger partial charge in [-0.3, -0.25) is 9.40 Å². The van der Waals surface area contributed by atoms with Crippen LogP contribution in [0.2, 0.25) is 0 Å². The maximum Gasteiger partial charge on any atom is 0.267 e. The van der Waals surface area contributed by atoms with Gasteiger partial charge in [0.25, 0.3) is 10.0 Å². The number of sulfonamides is 1. The molecule has 1 heterocycles. The summed E-state index contributed by atoms with van der Waals surface area (Å²) in [7, 11) is -0.777. The lowest BCUT2D eigenvalue weighted by molar-refractivity contribution is 0.416. The average molecular weight is 375 g/mol. The second-order valence-corrected chi connectivity index (χ2v) is 7.02. The first-order chi connectivity index (χ1) is 9.74. The fourth-order valence-corrected chi connectivity index (χ4v) is 3.68. The van der Waals surface area contributed by atoms with E-state index in [1.54, 1.807) is 26.1 Å². The van der Waals surface area contributed by atoms with Gasteiger partial charge in [-0.15, -0.1) is 0 Å². The van der Waals surface area contributed by atoms with E-state index in [2.05, 4.69) is 25.8 Å². The molecule has 114 valence electrons. The molecule has 9 heteroatoms. The fourth-order valence-electron chi connectivity index (χ4n) is 1.88. The van der Waals surface area contributed by atoms with Gasteiger partial charge in [-0.1, -0.05) is 15.9 Å². The van der Waals surface area contributed by atoms with Gasteiger partial charge in [0.2, 0.25) is 0 Å². The van der Waals surface area contributed by atoms with E-state index in [1.807, 2.05) is 0 Å². The molecule has 0 bridgehead atoms. The largest absolute Gasteiger partial charge is 0.495 e. The number of rotatable bonds is 4. The van der Waals surface area contributed by atoms with Gasteiger partial charge in [-0.25, -0.2) is 8.42 Å². The lowest BCUT2D eigenvalue weighted by Crippen LogP contribution is -2.15. The Labute approximate surface area is 131 Å². The first-order valence-corrected chi connectivity index (χ1v) is 8.18. The molecule has 1 aromatic heterocycles. The van der Waals surface area contributed by atoms with Gasteiger partial charge in [-0.2, -0.15) is 5.10 Å². The Bertz CT molecular complexity index is 786. The molecular weight excluding hydrogens is 360 g/mol. The molecule has 0 fully saturated rings. The summed E-state index contributed by atoms with van der Waals surface area (Å²) < 4.78 is 34.7. The van der Waals surface area contributed by atoms with Crippen LogP contribution in [0, 0.1) is 6.92 Å². The summed E-state index contributed by atoms with van der Waals surface area (Å²) in [5, 5.41) is 3.83. The van der Waals surface area contributed by atoms with Crippen LogP contribution in [0.15, 0.2) is 27.7 Å². The number of halogens is 1. The molecule has 21 heavy (non-hydrogen) atoms. The molecule has 0 atom stereocenters. The number of anilines is 2. The highest BCUT2D eigenvalue weighted by Gasteiger charge is 2.23. The Balaban J connectivity index is 2.49. The Morgan fingerprint density at radius 2 is 2.10 bits per heavy atom. The number of hydrogen-bond acceptors (Lipinski definition) is 5. The maximum absolute atomic E-state index is 12.4. The predicted molar refractivity (Wildman–Crippen MR) is 83.9 cm³/mol. The quantitative estimate of drug-likeness (QED) is 0.850. The van der Waals surface area contributed by atoms with Crippen molar-refractivity contribution in [3.63, 3.8) is 0 Å². The number of nitrogens with zero attached hydrogens (tertiary/aromatic N) is 2. The molecule has 0 aliphatic heterocycles. The summed E-state index contributed by atoms with van der Waals surface area (Å²) in [5.41, 5.74) is 6.70. The second-order valence-electron chi connectivity index (χ2n) is 4.46. The molecule has 0 saturated carbocycles. The number of nitrogens with one attached hydrogen (secondary N) is 1. The highest BCUT2D eigenvalue weighted by atomic mass is 79.9. The molecule has 0 aliphatic carbocycles. The summed E-state index contributed by atoms with van der Waals surface area (Å²) in [6.07, 6.45) is 1.35. The minimum absolute atomic E-state index is 0.0567. The van der Waals surface area contributed by atoms with E-state index in [1.165, 1.54) is 18.0 Å². The van der Waals surface area contributed by atoms with Crippen molar-refractivity contribution >= 4 is 37.5 Å². The van der Waals surface area contributed by atoms with Crippen molar-refractivity contribution in [3.8, 4) is 5.75 Å². The summed E-state index contributed by atoms with van der Waals surface area (Å²) in [6.45, 7) is 1.78. The zero-order valence-corrected chi connectivity index (χ0v) is 14.1. The van der Waals surface area contributed by atoms with Crippen LogP contribution in [-0.2, 0) is 17.1 Å². The van der Waals surface area contributed by atoms with E-state index in [0.717, 1.165) is 4.47 Å². The number of nitrogens with two attached hydrogens (primary N) is 1. The highest BCUT2D eigenvalue weighted by Crippen LogP contribution is 2.34. The van der Waals surface area contributed by atoms with Gasteiger partial charge in [0.05, 0.1) is 12.8 Å². The number of ether oxygens (including phenoxy) is 1. The molecule has 3 N–H and O–H groups in total.